The van der Waals surface area contributed by atoms with Crippen molar-refractivity contribution in [2.45, 2.75) is 71.4 Å². The largest absolute Gasteiger partial charge is 0.439 e. The summed E-state index contributed by atoms with van der Waals surface area (Å²) in [5.74, 6) is -2.06. The standard InChI is InChI=1S/C32H44IN3O8/c1-18-14-22-27(35-13-8-7-12-33)24(37)17-23(29(22)39)36-31(40)19(2)10-9-11-25(42-5)30(44-32(34)41)21(4)16-20(3)28(38)26(15-18)43-6/h7,9-12,16-18,20,25-26,28,30,35,38H,8,13-15H2,1-6H3,(H2,34,41)(H,36,40)/b11-9-,12-7+,19-10+,21-16+/t18-,20+,25+,26+,28-,30+/m1/s1/i33-2. The average molecular weight is 724 g/mol. The molecule has 2 amide bonds. The Morgan fingerprint density at radius 1 is 1.20 bits per heavy atom. The number of carbonyl (C=O) groups is 4. The van der Waals surface area contributed by atoms with Crippen molar-refractivity contribution >= 4 is 46.2 Å². The van der Waals surface area contributed by atoms with Crippen LogP contribution >= 0.6 is 22.6 Å². The van der Waals surface area contributed by atoms with E-state index in [1.807, 2.05) is 24.0 Å². The monoisotopic (exact) mass is 723 g/mol. The van der Waals surface area contributed by atoms with Gasteiger partial charge in [0.25, 0.3) is 5.91 Å². The van der Waals surface area contributed by atoms with Crippen molar-refractivity contribution < 1.29 is 38.5 Å². The highest BCUT2D eigenvalue weighted by Gasteiger charge is 2.33. The Labute approximate surface area is 272 Å². The van der Waals surface area contributed by atoms with E-state index in [1.54, 1.807) is 32.1 Å². The third kappa shape index (κ3) is 10.5. The Morgan fingerprint density at radius 3 is 2.52 bits per heavy atom. The predicted octanol–water partition coefficient (Wildman–Crippen LogP) is 3.69. The first kappa shape index (κ1) is 37.1. The number of aliphatic hydroxyl groups is 1. The summed E-state index contributed by atoms with van der Waals surface area (Å²) >= 11 is 2.11. The first-order valence-electron chi connectivity index (χ1n) is 14.4. The molecule has 0 aromatic carbocycles. The molecule has 0 radical (unpaired) electrons. The molecule has 11 nitrogen and oxygen atoms in total. The van der Waals surface area contributed by atoms with Gasteiger partial charge in [0.15, 0.2) is 6.10 Å². The lowest BCUT2D eigenvalue weighted by Crippen LogP contribution is -2.38. The van der Waals surface area contributed by atoms with E-state index in [1.165, 1.54) is 20.3 Å². The molecule has 1 aliphatic heterocycles. The van der Waals surface area contributed by atoms with E-state index in [9.17, 15) is 24.3 Å². The van der Waals surface area contributed by atoms with Gasteiger partial charge in [-0.15, -0.1) is 0 Å². The number of methoxy groups -OCH3 is 2. The number of fused-ring (bicyclic) bond motifs is 2. The minimum Gasteiger partial charge on any atom is -0.439 e. The summed E-state index contributed by atoms with van der Waals surface area (Å²) in [5.41, 5.74) is 6.55. The fraction of sp³-hybridized carbons (Fsp3) is 0.500. The van der Waals surface area contributed by atoms with Gasteiger partial charge >= 0.3 is 6.09 Å². The van der Waals surface area contributed by atoms with Crippen LogP contribution in [0.4, 0.5) is 4.79 Å². The number of hydrogen-bond donors (Lipinski definition) is 4. The molecule has 242 valence electrons. The van der Waals surface area contributed by atoms with Gasteiger partial charge in [-0.2, -0.15) is 0 Å². The molecule has 0 spiro atoms. The molecule has 2 aliphatic rings. The highest BCUT2D eigenvalue weighted by atomic mass is 125. The second-order valence-corrected chi connectivity index (χ2v) is 11.7. The van der Waals surface area contributed by atoms with Crippen LogP contribution in [0.15, 0.2) is 68.7 Å². The molecule has 6 atom stereocenters. The van der Waals surface area contributed by atoms with Crippen LogP contribution in [0, 0.1) is 11.8 Å². The van der Waals surface area contributed by atoms with Crippen molar-refractivity contribution in [2.75, 3.05) is 20.8 Å². The quantitative estimate of drug-likeness (QED) is 0.133. The van der Waals surface area contributed by atoms with E-state index in [0.717, 1.165) is 6.08 Å². The maximum Gasteiger partial charge on any atom is 0.405 e. The van der Waals surface area contributed by atoms with Gasteiger partial charge in [-0.05, 0) is 48.7 Å². The van der Waals surface area contributed by atoms with Gasteiger partial charge in [-0.25, -0.2) is 4.79 Å². The van der Waals surface area contributed by atoms with Crippen LogP contribution in [-0.4, -0.2) is 73.9 Å². The first-order valence-corrected chi connectivity index (χ1v) is 15.7. The Bertz CT molecular complexity index is 1270. The Hall–Kier alpha value is -3.07. The molecule has 12 heteroatoms. The normalized spacial score (nSPS) is 31.0. The van der Waals surface area contributed by atoms with Crippen molar-refractivity contribution in [3.05, 3.63) is 68.7 Å². The number of amides is 2. The lowest BCUT2D eigenvalue weighted by atomic mass is 9.85. The molecular weight excluding hydrogens is 679 g/mol. The number of nitrogens with one attached hydrogen (secondary N) is 2. The Morgan fingerprint density at radius 2 is 1.91 bits per heavy atom. The van der Waals surface area contributed by atoms with Crippen LogP contribution in [-0.2, 0) is 28.6 Å². The van der Waals surface area contributed by atoms with Crippen molar-refractivity contribution in [1.29, 1.82) is 0 Å². The molecule has 0 aromatic rings. The number of rotatable bonds is 7. The Kier molecular flexibility index (Phi) is 15.2. The van der Waals surface area contributed by atoms with Crippen molar-refractivity contribution in [1.82, 2.24) is 10.6 Å². The lowest BCUT2D eigenvalue weighted by molar-refractivity contribution is -0.120. The maximum absolute atomic E-state index is 13.7. The van der Waals surface area contributed by atoms with E-state index >= 15 is 0 Å². The lowest BCUT2D eigenvalue weighted by Gasteiger charge is -2.30. The number of halogens is 1. The minimum absolute atomic E-state index is 0.115. The van der Waals surface area contributed by atoms with Gasteiger partial charge in [-0.1, -0.05) is 66.8 Å². The number of hydrogen-bond acceptors (Lipinski definition) is 9. The second kappa shape index (κ2) is 18.0. The van der Waals surface area contributed by atoms with Crippen LogP contribution in [0.5, 0.6) is 0 Å². The van der Waals surface area contributed by atoms with Crippen molar-refractivity contribution in [2.24, 2.45) is 17.6 Å². The van der Waals surface area contributed by atoms with Gasteiger partial charge in [0.05, 0.1) is 23.6 Å². The van der Waals surface area contributed by atoms with Crippen LogP contribution in [0.2, 0.25) is 0 Å². The van der Waals surface area contributed by atoms with E-state index < -0.39 is 53.9 Å². The van der Waals surface area contributed by atoms with Crippen LogP contribution in [0.3, 0.4) is 0 Å². The molecule has 44 heavy (non-hydrogen) atoms. The molecule has 0 aromatic heterocycles. The van der Waals surface area contributed by atoms with Crippen LogP contribution in [0.25, 0.3) is 0 Å². The third-order valence-electron chi connectivity index (χ3n) is 7.50. The van der Waals surface area contributed by atoms with E-state index in [0.29, 0.717) is 25.0 Å². The molecule has 1 heterocycles. The molecule has 0 saturated carbocycles. The summed E-state index contributed by atoms with van der Waals surface area (Å²) in [6, 6.07) is 0. The number of primary amides is 1. The smallest absolute Gasteiger partial charge is 0.405 e. The highest BCUT2D eigenvalue weighted by molar-refractivity contribution is 14.1. The number of carbonyl (C=O) groups excluding carboxylic acids is 4. The van der Waals surface area contributed by atoms with Crippen LogP contribution < -0.4 is 16.4 Å². The SMILES string of the molecule is CO[C@H]1/C=C\C=C(/C)C(=O)NC2=CC(=O)C(NCC/C=C/[125I])=C(C[C@@H](C)C[C@H](OC)[C@H](O)[C@@H](C)/C=C(\C)[C@@H]1OC(N)=O)C2=O. The maximum atomic E-state index is 13.7. The summed E-state index contributed by atoms with van der Waals surface area (Å²) in [5, 5.41) is 17.0. The average Bonchev–Trinajstić information content (AvgIpc) is 2.97. The zero-order chi connectivity index (χ0) is 33.0. The zero-order valence-corrected chi connectivity index (χ0v) is 28.3. The Balaban J connectivity index is 2.60. The molecule has 0 unspecified atom stereocenters. The van der Waals surface area contributed by atoms with Gasteiger partial charge in [0.2, 0.25) is 11.6 Å². The highest BCUT2D eigenvalue weighted by Crippen LogP contribution is 2.29. The number of nitrogens with two attached hydrogens (primary N) is 1. The summed E-state index contributed by atoms with van der Waals surface area (Å²) in [4.78, 5) is 51.7. The van der Waals surface area contributed by atoms with Gasteiger partial charge in [0.1, 0.15) is 6.10 Å². The predicted molar refractivity (Wildman–Crippen MR) is 175 cm³/mol. The van der Waals surface area contributed by atoms with Crippen LogP contribution in [0.1, 0.15) is 47.0 Å². The molecular formula is C32H44IN3O8. The van der Waals surface area contributed by atoms with Crippen molar-refractivity contribution in [3.8, 4) is 0 Å². The van der Waals surface area contributed by atoms with Gasteiger partial charge in [-0.3, -0.25) is 14.4 Å². The molecule has 1 aliphatic carbocycles. The third-order valence-corrected chi connectivity index (χ3v) is 8.00. The van der Waals surface area contributed by atoms with E-state index in [4.69, 9.17) is 19.9 Å². The summed E-state index contributed by atoms with van der Waals surface area (Å²) < 4.78 is 18.5. The molecule has 0 fully saturated rings. The fourth-order valence-corrected chi connectivity index (χ4v) is 5.48. The van der Waals surface area contributed by atoms with Gasteiger partial charge < -0.3 is 35.7 Å². The number of aliphatic hydroxyl groups excluding tert-OH is 1. The van der Waals surface area contributed by atoms with E-state index in [2.05, 4.69) is 33.2 Å². The van der Waals surface area contributed by atoms with Gasteiger partial charge in [0, 0.05) is 43.9 Å². The topological polar surface area (TPSA) is 166 Å². The molecule has 2 bridgehead atoms. The fourth-order valence-electron chi connectivity index (χ4n) is 5.12. The number of ketones is 2. The molecule has 2 rings (SSSR count). The number of ether oxygens (including phenoxy) is 3. The van der Waals surface area contributed by atoms with E-state index in [-0.39, 0.29) is 34.9 Å². The first-order chi connectivity index (χ1) is 20.8. The number of allylic oxidation sites excluding steroid dienone is 4. The summed E-state index contributed by atoms with van der Waals surface area (Å²) in [6.45, 7) is 7.46. The molecule has 0 saturated heterocycles. The summed E-state index contributed by atoms with van der Waals surface area (Å²) in [7, 11) is 2.93. The second-order valence-electron chi connectivity index (χ2n) is 11.0. The minimum atomic E-state index is -0.997. The molecule has 5 N–H and O–H groups in total. The van der Waals surface area contributed by atoms with Crippen molar-refractivity contribution in [3.63, 3.8) is 0 Å². The zero-order valence-electron chi connectivity index (χ0n) is 26.1. The number of Topliss-reactive ketones (excluding diaryl/α,β-unsaturated/α-hetero) is 1. The summed E-state index contributed by atoms with van der Waals surface area (Å²) in [6.07, 6.45) is 6.47.